The van der Waals surface area contributed by atoms with E-state index in [0.29, 0.717) is 6.42 Å². The second kappa shape index (κ2) is 5.41. The molecular weight excluding hydrogens is 194 g/mol. The fourth-order valence-electron chi connectivity index (χ4n) is 1.20. The molecule has 0 amide bonds. The number of pyridine rings is 1. The third-order valence-electron chi connectivity index (χ3n) is 2.02. The fraction of sp³-hybridized carbons (Fsp3) is 0.400. The van der Waals surface area contributed by atoms with Gasteiger partial charge in [-0.3, -0.25) is 0 Å². The summed E-state index contributed by atoms with van der Waals surface area (Å²) < 4.78 is 0. The van der Waals surface area contributed by atoms with Gasteiger partial charge < -0.3 is 15.9 Å². The summed E-state index contributed by atoms with van der Waals surface area (Å²) in [5, 5.41) is 27.8. The summed E-state index contributed by atoms with van der Waals surface area (Å²) in [5.74, 6) is 0. The highest BCUT2D eigenvalue weighted by atomic mass is 16.3. The van der Waals surface area contributed by atoms with Gasteiger partial charge in [0.1, 0.15) is 17.9 Å². The van der Waals surface area contributed by atoms with Gasteiger partial charge in [-0.1, -0.05) is 6.07 Å². The van der Waals surface area contributed by atoms with Crippen LogP contribution in [-0.4, -0.2) is 27.8 Å². The van der Waals surface area contributed by atoms with E-state index in [0.717, 1.165) is 0 Å². The molecule has 1 aromatic heterocycles. The molecule has 80 valence electrons. The van der Waals surface area contributed by atoms with Gasteiger partial charge >= 0.3 is 0 Å². The van der Waals surface area contributed by atoms with Crippen LogP contribution in [0.15, 0.2) is 18.2 Å². The summed E-state index contributed by atoms with van der Waals surface area (Å²) in [6.07, 6.45) is -1.75. The zero-order valence-corrected chi connectivity index (χ0v) is 8.17. The second-order valence-electron chi connectivity index (χ2n) is 3.15. The van der Waals surface area contributed by atoms with Crippen molar-refractivity contribution >= 4 is 0 Å². The van der Waals surface area contributed by atoms with Gasteiger partial charge in [0.2, 0.25) is 0 Å². The number of aromatic nitrogens is 1. The summed E-state index contributed by atoms with van der Waals surface area (Å²) >= 11 is 0. The third-order valence-corrected chi connectivity index (χ3v) is 2.02. The van der Waals surface area contributed by atoms with E-state index >= 15 is 0 Å². The molecule has 1 aromatic rings. The van der Waals surface area contributed by atoms with Gasteiger partial charge in [-0.25, -0.2) is 4.98 Å². The highest BCUT2D eigenvalue weighted by molar-refractivity contribution is 5.23. The number of nitrogens with two attached hydrogens (primary N) is 1. The molecule has 0 bridgehead atoms. The van der Waals surface area contributed by atoms with Crippen molar-refractivity contribution in [2.24, 2.45) is 5.73 Å². The fourth-order valence-corrected chi connectivity index (χ4v) is 1.20. The number of aliphatic hydroxyl groups excluding tert-OH is 2. The largest absolute Gasteiger partial charge is 0.390 e. The van der Waals surface area contributed by atoms with E-state index < -0.39 is 12.2 Å². The topological polar surface area (TPSA) is 103 Å². The minimum atomic E-state index is -1.10. The van der Waals surface area contributed by atoms with E-state index in [1.807, 2.05) is 6.07 Å². The Morgan fingerprint density at radius 2 is 2.20 bits per heavy atom. The first-order valence-electron chi connectivity index (χ1n) is 4.62. The Kier molecular flexibility index (Phi) is 4.18. The Morgan fingerprint density at radius 3 is 2.80 bits per heavy atom. The molecule has 5 nitrogen and oxygen atoms in total. The maximum absolute atomic E-state index is 9.66. The zero-order chi connectivity index (χ0) is 11.3. The number of rotatable bonds is 4. The van der Waals surface area contributed by atoms with Crippen LogP contribution < -0.4 is 5.73 Å². The summed E-state index contributed by atoms with van der Waals surface area (Å²) in [6, 6.07) is 6.57. The van der Waals surface area contributed by atoms with Gasteiger partial charge in [0, 0.05) is 0 Å². The summed E-state index contributed by atoms with van der Waals surface area (Å²) in [4.78, 5) is 3.88. The van der Waals surface area contributed by atoms with Crippen molar-refractivity contribution in [1.29, 1.82) is 5.26 Å². The molecule has 0 spiro atoms. The number of nitriles is 1. The van der Waals surface area contributed by atoms with Gasteiger partial charge in [0.05, 0.1) is 11.8 Å². The molecule has 4 N–H and O–H groups in total. The van der Waals surface area contributed by atoms with E-state index in [1.165, 1.54) is 6.07 Å². The van der Waals surface area contributed by atoms with Crippen LogP contribution in [0.2, 0.25) is 0 Å². The first-order valence-corrected chi connectivity index (χ1v) is 4.62. The van der Waals surface area contributed by atoms with Crippen molar-refractivity contribution in [2.45, 2.75) is 18.6 Å². The van der Waals surface area contributed by atoms with Gasteiger partial charge in [-0.15, -0.1) is 0 Å². The smallest absolute Gasteiger partial charge is 0.140 e. The van der Waals surface area contributed by atoms with Gasteiger partial charge in [-0.05, 0) is 25.1 Å². The average Bonchev–Trinajstić information content (AvgIpc) is 2.28. The number of hydrogen-bond acceptors (Lipinski definition) is 5. The summed E-state index contributed by atoms with van der Waals surface area (Å²) in [7, 11) is 0. The standard InChI is InChI=1S/C10H13N3O2/c11-5-4-9(14)10(15)8-3-1-2-7(6-12)13-8/h1-3,9-10,14-15H,4-5,11H2. The molecule has 0 radical (unpaired) electrons. The van der Waals surface area contributed by atoms with Crippen molar-refractivity contribution < 1.29 is 10.2 Å². The van der Waals surface area contributed by atoms with Gasteiger partial charge in [0.15, 0.2) is 0 Å². The normalized spacial score (nSPS) is 14.3. The second-order valence-corrected chi connectivity index (χ2v) is 3.15. The van der Waals surface area contributed by atoms with Crippen LogP contribution in [0.25, 0.3) is 0 Å². The lowest BCUT2D eigenvalue weighted by atomic mass is 10.1. The Labute approximate surface area is 87.8 Å². The lowest BCUT2D eigenvalue weighted by Crippen LogP contribution is -2.22. The van der Waals surface area contributed by atoms with Crippen LogP contribution in [0.5, 0.6) is 0 Å². The van der Waals surface area contributed by atoms with Gasteiger partial charge in [-0.2, -0.15) is 5.26 Å². The maximum atomic E-state index is 9.66. The molecule has 15 heavy (non-hydrogen) atoms. The van der Waals surface area contributed by atoms with Crippen LogP contribution >= 0.6 is 0 Å². The number of hydrogen-bond donors (Lipinski definition) is 3. The Bertz CT molecular complexity index is 362. The Hall–Kier alpha value is -1.48. The zero-order valence-electron chi connectivity index (χ0n) is 8.17. The molecule has 0 saturated carbocycles. The first-order chi connectivity index (χ1) is 7.19. The van der Waals surface area contributed by atoms with Crippen molar-refractivity contribution in [3.05, 3.63) is 29.6 Å². The molecule has 0 aromatic carbocycles. The van der Waals surface area contributed by atoms with Crippen molar-refractivity contribution in [3.8, 4) is 6.07 Å². The van der Waals surface area contributed by atoms with E-state index in [2.05, 4.69) is 4.98 Å². The van der Waals surface area contributed by atoms with E-state index in [1.54, 1.807) is 12.1 Å². The highest BCUT2D eigenvalue weighted by Gasteiger charge is 2.18. The van der Waals surface area contributed by atoms with Crippen LogP contribution in [-0.2, 0) is 0 Å². The van der Waals surface area contributed by atoms with Crippen LogP contribution in [0.1, 0.15) is 23.9 Å². The molecular formula is C10H13N3O2. The van der Waals surface area contributed by atoms with Crippen LogP contribution in [0, 0.1) is 11.3 Å². The maximum Gasteiger partial charge on any atom is 0.140 e. The predicted octanol–water partition coefficient (Wildman–Crippen LogP) is -0.304. The lowest BCUT2D eigenvalue weighted by Gasteiger charge is -2.16. The molecule has 1 rings (SSSR count). The predicted molar refractivity (Wildman–Crippen MR) is 53.6 cm³/mol. The third kappa shape index (κ3) is 2.99. The molecule has 2 atom stereocenters. The first kappa shape index (κ1) is 11.6. The quantitative estimate of drug-likeness (QED) is 0.628. The van der Waals surface area contributed by atoms with Crippen LogP contribution in [0.4, 0.5) is 0 Å². The Balaban J connectivity index is 2.82. The molecule has 0 aliphatic carbocycles. The van der Waals surface area contributed by atoms with Crippen molar-refractivity contribution in [1.82, 2.24) is 4.98 Å². The molecule has 0 fully saturated rings. The van der Waals surface area contributed by atoms with Crippen molar-refractivity contribution in [3.63, 3.8) is 0 Å². The Morgan fingerprint density at radius 1 is 1.47 bits per heavy atom. The van der Waals surface area contributed by atoms with E-state index in [4.69, 9.17) is 11.0 Å². The SMILES string of the molecule is N#Cc1cccc(C(O)C(O)CCN)n1. The van der Waals surface area contributed by atoms with Gasteiger partial charge in [0.25, 0.3) is 0 Å². The van der Waals surface area contributed by atoms with Crippen molar-refractivity contribution in [2.75, 3.05) is 6.54 Å². The van der Waals surface area contributed by atoms with E-state index in [-0.39, 0.29) is 17.9 Å². The lowest BCUT2D eigenvalue weighted by molar-refractivity contribution is 0.0125. The van der Waals surface area contributed by atoms with Crippen LogP contribution in [0.3, 0.4) is 0 Å². The monoisotopic (exact) mass is 207 g/mol. The molecule has 0 aliphatic heterocycles. The summed E-state index contributed by atoms with van der Waals surface area (Å²) in [5.41, 5.74) is 5.76. The molecule has 0 saturated heterocycles. The highest BCUT2D eigenvalue weighted by Crippen LogP contribution is 2.16. The molecule has 5 heteroatoms. The summed E-state index contributed by atoms with van der Waals surface area (Å²) in [6.45, 7) is 0.288. The minimum Gasteiger partial charge on any atom is -0.390 e. The minimum absolute atomic E-state index is 0.214. The molecule has 0 aliphatic rings. The molecule has 1 heterocycles. The molecule has 2 unspecified atom stereocenters. The van der Waals surface area contributed by atoms with E-state index in [9.17, 15) is 10.2 Å². The number of nitrogens with zero attached hydrogens (tertiary/aromatic N) is 2. The average molecular weight is 207 g/mol. The number of aliphatic hydroxyl groups is 2.